The zero-order valence-electron chi connectivity index (χ0n) is 15.6. The van der Waals surface area contributed by atoms with Gasteiger partial charge in [-0.1, -0.05) is 30.3 Å². The molecule has 9 heteroatoms. The maximum atomic E-state index is 12.0. The van der Waals surface area contributed by atoms with E-state index in [-0.39, 0.29) is 23.3 Å². The molecule has 1 aliphatic rings. The monoisotopic (exact) mass is 424 g/mol. The fraction of sp³-hybridized carbons (Fsp3) is 0.143. The standard InChI is InChI=1S/C21H17N2O6P/c24-20(12-7-8-12)23-21-22-16-6-2-5-15(19(16)29-21)13-3-1-4-14(11-13)17-9-10-18(28-17)30(25,26)27/h1-6,9-12H,7-8H2,(H,22,23,24)(H2,25,26,27). The maximum absolute atomic E-state index is 12.0. The molecule has 3 N–H and O–H groups in total. The molecule has 2 aromatic carbocycles. The van der Waals surface area contributed by atoms with Gasteiger partial charge in [-0.05, 0) is 42.7 Å². The Kier molecular flexibility index (Phi) is 4.36. The highest BCUT2D eigenvalue weighted by molar-refractivity contribution is 7.59. The van der Waals surface area contributed by atoms with Crippen molar-refractivity contribution in [2.75, 3.05) is 5.32 Å². The molecule has 0 radical (unpaired) electrons. The first-order chi connectivity index (χ1) is 14.4. The van der Waals surface area contributed by atoms with Gasteiger partial charge in [0.05, 0.1) is 0 Å². The number of nitrogens with one attached hydrogen (secondary N) is 1. The van der Waals surface area contributed by atoms with Crippen molar-refractivity contribution < 1.29 is 28.0 Å². The minimum atomic E-state index is -4.46. The summed E-state index contributed by atoms with van der Waals surface area (Å²) >= 11 is 0. The number of furan rings is 1. The van der Waals surface area contributed by atoms with Crippen LogP contribution in [-0.2, 0) is 9.36 Å². The number of carbonyl (C=O) groups excluding carboxylic acids is 1. The van der Waals surface area contributed by atoms with Gasteiger partial charge < -0.3 is 18.6 Å². The molecule has 1 aliphatic carbocycles. The Morgan fingerprint density at radius 1 is 1.03 bits per heavy atom. The van der Waals surface area contributed by atoms with Crippen molar-refractivity contribution in [2.24, 2.45) is 5.92 Å². The van der Waals surface area contributed by atoms with E-state index >= 15 is 0 Å². The van der Waals surface area contributed by atoms with Crippen LogP contribution in [-0.4, -0.2) is 20.7 Å². The quantitative estimate of drug-likeness (QED) is 0.415. The van der Waals surface area contributed by atoms with Crippen LogP contribution < -0.4 is 10.8 Å². The topological polar surface area (TPSA) is 126 Å². The normalized spacial score (nSPS) is 14.2. The molecule has 2 aromatic heterocycles. The lowest BCUT2D eigenvalue weighted by molar-refractivity contribution is -0.117. The molecule has 8 nitrogen and oxygen atoms in total. The summed E-state index contributed by atoms with van der Waals surface area (Å²) in [6.45, 7) is 0. The van der Waals surface area contributed by atoms with Gasteiger partial charge in [0, 0.05) is 17.0 Å². The Labute approximate surface area is 170 Å². The Balaban J connectivity index is 1.51. The first-order valence-corrected chi connectivity index (χ1v) is 11.0. The number of para-hydroxylation sites is 1. The van der Waals surface area contributed by atoms with Crippen molar-refractivity contribution >= 4 is 36.1 Å². The third kappa shape index (κ3) is 3.57. The number of anilines is 1. The SMILES string of the molecule is O=C(Nc1nc2cccc(-c3cccc(-c4ccc(P(=O)(O)O)o4)c3)c2o1)C1CC1. The number of oxazole rings is 1. The second kappa shape index (κ2) is 6.95. The third-order valence-electron chi connectivity index (χ3n) is 4.93. The summed E-state index contributed by atoms with van der Waals surface area (Å²) in [6, 6.07) is 15.8. The minimum Gasteiger partial charge on any atom is -0.448 e. The summed E-state index contributed by atoms with van der Waals surface area (Å²) in [7, 11) is -4.46. The van der Waals surface area contributed by atoms with Crippen LogP contribution in [0.15, 0.2) is 63.4 Å². The van der Waals surface area contributed by atoms with Gasteiger partial charge in [0.1, 0.15) is 11.3 Å². The first-order valence-electron chi connectivity index (χ1n) is 9.36. The summed E-state index contributed by atoms with van der Waals surface area (Å²) in [5.74, 6) is 0.309. The van der Waals surface area contributed by atoms with Gasteiger partial charge in [-0.25, -0.2) is 0 Å². The molecule has 1 amide bonds. The molecule has 30 heavy (non-hydrogen) atoms. The number of amides is 1. The summed E-state index contributed by atoms with van der Waals surface area (Å²) in [6.07, 6.45) is 1.78. The molecule has 2 heterocycles. The summed E-state index contributed by atoms with van der Waals surface area (Å²) < 4.78 is 22.6. The van der Waals surface area contributed by atoms with Gasteiger partial charge in [-0.2, -0.15) is 4.98 Å². The Morgan fingerprint density at radius 2 is 1.80 bits per heavy atom. The molecule has 0 atom stereocenters. The second-order valence-corrected chi connectivity index (χ2v) is 8.73. The number of hydrogen-bond donors (Lipinski definition) is 3. The average molecular weight is 424 g/mol. The fourth-order valence-electron chi connectivity index (χ4n) is 3.26. The van der Waals surface area contributed by atoms with E-state index in [4.69, 9.17) is 8.83 Å². The molecule has 0 bridgehead atoms. The zero-order chi connectivity index (χ0) is 20.9. The molecule has 0 spiro atoms. The van der Waals surface area contributed by atoms with E-state index in [2.05, 4.69) is 10.3 Å². The molecule has 5 rings (SSSR count). The van der Waals surface area contributed by atoms with E-state index in [1.165, 1.54) is 12.1 Å². The van der Waals surface area contributed by atoms with Gasteiger partial charge in [0.2, 0.25) is 11.4 Å². The zero-order valence-corrected chi connectivity index (χ0v) is 16.5. The number of rotatable bonds is 5. The van der Waals surface area contributed by atoms with Crippen molar-refractivity contribution in [3.63, 3.8) is 0 Å². The lowest BCUT2D eigenvalue weighted by Gasteiger charge is -2.05. The minimum absolute atomic E-state index is 0.0440. The van der Waals surface area contributed by atoms with Crippen molar-refractivity contribution in [1.29, 1.82) is 0 Å². The highest BCUT2D eigenvalue weighted by Crippen LogP contribution is 2.37. The molecule has 152 valence electrons. The van der Waals surface area contributed by atoms with Crippen LogP contribution in [0.25, 0.3) is 33.6 Å². The van der Waals surface area contributed by atoms with Crippen LogP contribution in [0.5, 0.6) is 0 Å². The number of fused-ring (bicyclic) bond motifs is 1. The van der Waals surface area contributed by atoms with Gasteiger partial charge in [0.15, 0.2) is 5.58 Å². The summed E-state index contributed by atoms with van der Waals surface area (Å²) in [4.78, 5) is 34.9. The smallest absolute Gasteiger partial charge is 0.391 e. The molecular formula is C21H17N2O6P. The van der Waals surface area contributed by atoms with Crippen LogP contribution in [0.2, 0.25) is 0 Å². The van der Waals surface area contributed by atoms with Gasteiger partial charge in [0.25, 0.3) is 0 Å². The van der Waals surface area contributed by atoms with Crippen molar-refractivity contribution in [3.05, 3.63) is 54.6 Å². The van der Waals surface area contributed by atoms with Crippen LogP contribution in [0.3, 0.4) is 0 Å². The van der Waals surface area contributed by atoms with Crippen molar-refractivity contribution in [1.82, 2.24) is 4.98 Å². The van der Waals surface area contributed by atoms with Crippen molar-refractivity contribution in [3.8, 4) is 22.5 Å². The van der Waals surface area contributed by atoms with E-state index in [1.807, 2.05) is 30.3 Å². The predicted octanol–water partition coefficient (Wildman–Crippen LogP) is 3.91. The molecule has 1 fully saturated rings. The molecule has 0 unspecified atom stereocenters. The molecule has 1 saturated carbocycles. The number of aromatic nitrogens is 1. The Morgan fingerprint density at radius 3 is 2.53 bits per heavy atom. The summed E-state index contributed by atoms with van der Waals surface area (Å²) in [5, 5.41) is 2.72. The number of carbonyl (C=O) groups is 1. The van der Waals surface area contributed by atoms with Crippen molar-refractivity contribution in [2.45, 2.75) is 12.8 Å². The maximum Gasteiger partial charge on any atom is 0.391 e. The number of hydrogen-bond acceptors (Lipinski definition) is 5. The van der Waals surface area contributed by atoms with E-state index in [0.29, 0.717) is 22.4 Å². The van der Waals surface area contributed by atoms with Crippen LogP contribution in [0.1, 0.15) is 12.8 Å². The van der Waals surface area contributed by atoms with Gasteiger partial charge in [-0.15, -0.1) is 0 Å². The van der Waals surface area contributed by atoms with Crippen LogP contribution >= 0.6 is 7.60 Å². The van der Waals surface area contributed by atoms with E-state index < -0.39 is 7.60 Å². The lowest BCUT2D eigenvalue weighted by atomic mass is 10.0. The number of nitrogens with zero attached hydrogens (tertiary/aromatic N) is 1. The fourth-order valence-corrected chi connectivity index (χ4v) is 3.75. The molecular weight excluding hydrogens is 407 g/mol. The molecule has 0 saturated heterocycles. The van der Waals surface area contributed by atoms with E-state index in [1.54, 1.807) is 12.1 Å². The number of benzene rings is 2. The Bertz CT molecular complexity index is 1310. The van der Waals surface area contributed by atoms with Gasteiger partial charge in [-0.3, -0.25) is 14.7 Å². The Hall–Kier alpha value is -3.19. The molecule has 4 aromatic rings. The average Bonchev–Trinajstić information content (AvgIpc) is 3.29. The molecule has 0 aliphatic heterocycles. The predicted molar refractivity (Wildman–Crippen MR) is 110 cm³/mol. The second-order valence-electron chi connectivity index (χ2n) is 7.20. The summed E-state index contributed by atoms with van der Waals surface area (Å²) in [5.41, 5.74) is 3.02. The lowest BCUT2D eigenvalue weighted by Crippen LogP contribution is -2.13. The first kappa shape index (κ1) is 18.8. The van der Waals surface area contributed by atoms with Gasteiger partial charge >= 0.3 is 13.6 Å². The van der Waals surface area contributed by atoms with E-state index in [0.717, 1.165) is 24.0 Å². The van der Waals surface area contributed by atoms with E-state index in [9.17, 15) is 19.1 Å². The van der Waals surface area contributed by atoms with Crippen LogP contribution in [0, 0.1) is 5.92 Å². The largest absolute Gasteiger partial charge is 0.448 e. The highest BCUT2D eigenvalue weighted by Gasteiger charge is 2.30. The highest BCUT2D eigenvalue weighted by atomic mass is 31.2. The third-order valence-corrected chi connectivity index (χ3v) is 5.74. The van der Waals surface area contributed by atoms with Crippen LogP contribution in [0.4, 0.5) is 6.01 Å².